The molecule has 2 atom stereocenters. The van der Waals surface area contributed by atoms with Crippen LogP contribution in [0, 0.1) is 0 Å². The van der Waals surface area contributed by atoms with Crippen LogP contribution in [-0.4, -0.2) is 47.6 Å². The van der Waals surface area contributed by atoms with Crippen molar-refractivity contribution < 1.29 is 29.3 Å². The molecule has 0 aromatic heterocycles. The molecule has 0 rings (SSSR count). The highest BCUT2D eigenvalue weighted by Crippen LogP contribution is 2.12. The molecule has 6 nitrogen and oxygen atoms in total. The highest BCUT2D eigenvalue weighted by Gasteiger charge is 2.11. The number of carbonyl (C=O) groups is 2. The molecule has 0 saturated carbocycles. The van der Waals surface area contributed by atoms with E-state index in [0.29, 0.717) is 19.3 Å². The van der Waals surface area contributed by atoms with Gasteiger partial charge in [-0.25, -0.2) is 0 Å². The molecule has 0 aliphatic carbocycles. The molecule has 0 fully saturated rings. The zero-order valence-electron chi connectivity index (χ0n) is 29.2. The van der Waals surface area contributed by atoms with Gasteiger partial charge in [0.15, 0.2) is 0 Å². The first-order valence-corrected chi connectivity index (χ1v) is 18.1. The molecule has 0 aromatic carbocycles. The fourth-order valence-electron chi connectivity index (χ4n) is 4.55. The summed E-state index contributed by atoms with van der Waals surface area (Å²) in [6.07, 6.45) is 42.9. The van der Waals surface area contributed by atoms with Crippen molar-refractivity contribution >= 4 is 11.9 Å². The molecule has 1 unspecified atom stereocenters. The highest BCUT2D eigenvalue weighted by atomic mass is 16.6. The molecule has 0 spiro atoms. The summed E-state index contributed by atoms with van der Waals surface area (Å²) >= 11 is 0. The van der Waals surface area contributed by atoms with Crippen molar-refractivity contribution in [3.05, 3.63) is 72.9 Å². The minimum atomic E-state index is -1.01. The van der Waals surface area contributed by atoms with Gasteiger partial charge in [0.1, 0.15) is 19.3 Å². The van der Waals surface area contributed by atoms with Crippen molar-refractivity contribution in [3.63, 3.8) is 0 Å². The summed E-state index contributed by atoms with van der Waals surface area (Å²) in [4.78, 5) is 23.8. The van der Waals surface area contributed by atoms with E-state index < -0.39 is 12.2 Å². The molecule has 6 heteroatoms. The van der Waals surface area contributed by atoms with Crippen molar-refractivity contribution in [2.45, 2.75) is 154 Å². The van der Waals surface area contributed by atoms with Crippen molar-refractivity contribution in [3.8, 4) is 0 Å². The quantitative estimate of drug-likeness (QED) is 0.0338. The van der Waals surface area contributed by atoms with Crippen LogP contribution in [0.4, 0.5) is 0 Å². The molecule has 2 N–H and O–H groups in total. The number of esters is 2. The number of hydrogen-bond acceptors (Lipinski definition) is 6. The van der Waals surface area contributed by atoms with E-state index in [1.807, 2.05) is 30.4 Å². The number of rotatable bonds is 31. The summed E-state index contributed by atoms with van der Waals surface area (Å²) in [6.45, 7) is 4.00. The number of aliphatic hydroxyl groups is 2. The Balaban J connectivity index is 3.66. The average Bonchev–Trinajstić information content (AvgIpc) is 3.05. The Morgan fingerprint density at radius 3 is 1.63 bits per heavy atom. The van der Waals surface area contributed by atoms with Crippen LogP contribution in [0.1, 0.15) is 142 Å². The van der Waals surface area contributed by atoms with Gasteiger partial charge in [0, 0.05) is 12.8 Å². The van der Waals surface area contributed by atoms with E-state index in [2.05, 4.69) is 50.3 Å². The van der Waals surface area contributed by atoms with Gasteiger partial charge in [-0.15, -0.1) is 0 Å². The Morgan fingerprint density at radius 2 is 1.07 bits per heavy atom. The summed E-state index contributed by atoms with van der Waals surface area (Å²) in [5, 5.41) is 19.7. The Labute approximate surface area is 281 Å². The molecule has 0 aliphatic rings. The van der Waals surface area contributed by atoms with Gasteiger partial charge in [0.25, 0.3) is 0 Å². The van der Waals surface area contributed by atoms with E-state index in [4.69, 9.17) is 9.47 Å². The molecule has 0 aliphatic heterocycles. The van der Waals surface area contributed by atoms with Crippen molar-refractivity contribution in [1.82, 2.24) is 0 Å². The third-order valence-electron chi connectivity index (χ3n) is 7.30. The van der Waals surface area contributed by atoms with E-state index in [1.165, 1.54) is 57.8 Å². The number of hydrogen-bond donors (Lipinski definition) is 2. The monoisotopic (exact) mass is 642 g/mol. The topological polar surface area (TPSA) is 93.1 Å². The van der Waals surface area contributed by atoms with Crippen LogP contribution < -0.4 is 0 Å². The second-order valence-corrected chi connectivity index (χ2v) is 11.8. The van der Waals surface area contributed by atoms with Crippen LogP contribution in [0.15, 0.2) is 72.9 Å². The zero-order chi connectivity index (χ0) is 33.8. The maximum absolute atomic E-state index is 11.9. The minimum absolute atomic E-state index is 0.151. The zero-order valence-corrected chi connectivity index (χ0v) is 29.2. The van der Waals surface area contributed by atoms with Gasteiger partial charge in [-0.05, 0) is 44.9 Å². The Bertz CT molecular complexity index is 882. The predicted octanol–water partition coefficient (Wildman–Crippen LogP) is 9.97. The lowest BCUT2D eigenvalue weighted by Crippen LogP contribution is -2.25. The minimum Gasteiger partial charge on any atom is -0.463 e. The van der Waals surface area contributed by atoms with Crippen LogP contribution in [0.2, 0.25) is 0 Å². The molecular weight excluding hydrogens is 576 g/mol. The van der Waals surface area contributed by atoms with E-state index in [0.717, 1.165) is 44.9 Å². The first-order valence-electron chi connectivity index (χ1n) is 18.1. The van der Waals surface area contributed by atoms with Crippen LogP contribution in [0.5, 0.6) is 0 Å². The van der Waals surface area contributed by atoms with Gasteiger partial charge in [0.2, 0.25) is 0 Å². The normalized spacial score (nSPS) is 13.7. The number of unbranched alkanes of at least 4 members (excludes halogenated alkanes) is 11. The Morgan fingerprint density at radius 1 is 0.565 bits per heavy atom. The van der Waals surface area contributed by atoms with E-state index in [9.17, 15) is 19.8 Å². The summed E-state index contributed by atoms with van der Waals surface area (Å²) in [7, 11) is 0. The molecule has 0 bridgehead atoms. The maximum Gasteiger partial charge on any atom is 0.306 e. The van der Waals surface area contributed by atoms with E-state index in [-0.39, 0.29) is 31.6 Å². The largest absolute Gasteiger partial charge is 0.463 e. The van der Waals surface area contributed by atoms with Crippen LogP contribution in [0.25, 0.3) is 0 Å². The second kappa shape index (κ2) is 35.2. The van der Waals surface area contributed by atoms with E-state index >= 15 is 0 Å². The summed E-state index contributed by atoms with van der Waals surface area (Å²) in [5.41, 5.74) is 0. The Kier molecular flexibility index (Phi) is 33.1. The lowest BCUT2D eigenvalue weighted by Gasteiger charge is -2.12. The van der Waals surface area contributed by atoms with Crippen molar-refractivity contribution in [1.29, 1.82) is 0 Å². The van der Waals surface area contributed by atoms with Crippen molar-refractivity contribution in [2.24, 2.45) is 0 Å². The van der Waals surface area contributed by atoms with Crippen molar-refractivity contribution in [2.75, 3.05) is 13.2 Å². The maximum atomic E-state index is 11.9. The predicted molar refractivity (Wildman–Crippen MR) is 192 cm³/mol. The van der Waals surface area contributed by atoms with Crippen LogP contribution in [-0.2, 0) is 19.1 Å². The first kappa shape index (κ1) is 43.3. The number of aliphatic hydroxyl groups excluding tert-OH is 2. The molecule has 0 amide bonds. The van der Waals surface area contributed by atoms with Gasteiger partial charge in [-0.1, -0.05) is 157 Å². The Hall–Kier alpha value is -2.70. The summed E-state index contributed by atoms with van der Waals surface area (Å²) in [5.74, 6) is -0.686. The molecule has 0 heterocycles. The fourth-order valence-corrected chi connectivity index (χ4v) is 4.55. The second-order valence-electron chi connectivity index (χ2n) is 11.8. The van der Waals surface area contributed by atoms with Gasteiger partial charge in [-0.3, -0.25) is 9.59 Å². The lowest BCUT2D eigenvalue weighted by molar-refractivity contribution is -0.152. The highest BCUT2D eigenvalue weighted by molar-refractivity contribution is 5.70. The fraction of sp³-hybridized carbons (Fsp3) is 0.650. The summed E-state index contributed by atoms with van der Waals surface area (Å²) in [6, 6.07) is 0. The van der Waals surface area contributed by atoms with Gasteiger partial charge in [0.05, 0.1) is 6.10 Å². The molecular formula is C40H66O6. The van der Waals surface area contributed by atoms with Crippen LogP contribution >= 0.6 is 0 Å². The smallest absolute Gasteiger partial charge is 0.306 e. The molecule has 0 saturated heterocycles. The number of ether oxygens (including phenoxy) is 2. The molecule has 262 valence electrons. The summed E-state index contributed by atoms with van der Waals surface area (Å²) < 4.78 is 10.2. The van der Waals surface area contributed by atoms with Gasteiger partial charge < -0.3 is 19.7 Å². The standard InChI is InChI=1S/C40H66O6/c1-3-5-7-8-9-10-11-16-19-22-25-29-33-39(43)45-35-38(42)36-46-40(44)34-30-26-23-20-17-14-12-13-15-18-21-24-28-32-37(41)31-27-6-4-2/h6,13-15,17,21,23-24,26-28,32,37-38,41-42H,3-5,7-12,16,18-20,22,25,29-31,33-36H2,1-2H3/b15-13-,17-14-,24-21+,26-23-,27-6-,32-28+/t37?,38-/m0/s1. The number of allylic oxidation sites excluding steroid dienone is 10. The third kappa shape index (κ3) is 34.2. The van der Waals surface area contributed by atoms with Gasteiger partial charge in [-0.2, -0.15) is 0 Å². The molecule has 0 radical (unpaired) electrons. The average molecular weight is 643 g/mol. The molecule has 0 aromatic rings. The van der Waals surface area contributed by atoms with Gasteiger partial charge >= 0.3 is 11.9 Å². The lowest BCUT2D eigenvalue weighted by atomic mass is 10.0. The third-order valence-corrected chi connectivity index (χ3v) is 7.30. The SMILES string of the molecule is CC/C=C\CC(O)/C=C/C=C/C/C=C\C/C=C\C/C=C\CCC(=O)OC[C@@H](O)COC(=O)CCCCCCCCCCCCCC. The number of carbonyl (C=O) groups excluding carboxylic acids is 2. The van der Waals surface area contributed by atoms with Crippen LogP contribution in [0.3, 0.4) is 0 Å². The molecule has 46 heavy (non-hydrogen) atoms. The first-order chi connectivity index (χ1) is 22.5. The van der Waals surface area contributed by atoms with E-state index in [1.54, 1.807) is 6.08 Å².